The molecule has 0 amide bonds. The summed E-state index contributed by atoms with van der Waals surface area (Å²) in [5, 5.41) is 0.753. The molecule has 3 aromatic heterocycles. The van der Waals surface area contributed by atoms with Gasteiger partial charge in [0.15, 0.2) is 5.65 Å². The smallest absolute Gasteiger partial charge is 0.211 e. The topological polar surface area (TPSA) is 81.6 Å². The maximum atomic E-state index is 6.80. The molecular formula is C28H29ClN6OS. The van der Waals surface area contributed by atoms with Crippen LogP contribution in [0.15, 0.2) is 58.7 Å². The number of halogens is 1. The van der Waals surface area contributed by atoms with E-state index in [-0.39, 0.29) is 11.6 Å². The minimum atomic E-state index is -0.352. The van der Waals surface area contributed by atoms with Crippen LogP contribution < -0.4 is 15.4 Å². The van der Waals surface area contributed by atoms with Gasteiger partial charge < -0.3 is 15.4 Å². The fourth-order valence-corrected chi connectivity index (χ4v) is 6.98. The summed E-state index contributed by atoms with van der Waals surface area (Å²) < 4.78 is 8.54. The van der Waals surface area contributed by atoms with Crippen molar-refractivity contribution in [3.05, 3.63) is 70.9 Å². The summed E-state index contributed by atoms with van der Waals surface area (Å²) in [4.78, 5) is 18.7. The monoisotopic (exact) mass is 532 g/mol. The Bertz CT molecular complexity index is 1490. The summed E-state index contributed by atoms with van der Waals surface area (Å²) in [5.74, 6) is 2.56. The molecule has 1 saturated carbocycles. The summed E-state index contributed by atoms with van der Waals surface area (Å²) in [5.41, 5.74) is 10.3. The predicted molar refractivity (Wildman–Crippen MR) is 146 cm³/mol. The first-order valence-electron chi connectivity index (χ1n) is 13.0. The molecule has 0 unspecified atom stereocenters. The summed E-state index contributed by atoms with van der Waals surface area (Å²) in [6.45, 7) is 3.68. The van der Waals surface area contributed by atoms with E-state index in [9.17, 15) is 0 Å². The van der Waals surface area contributed by atoms with Crippen LogP contribution in [0.1, 0.15) is 48.7 Å². The number of hydrogen-bond acceptors (Lipinski definition) is 7. The molecule has 190 valence electrons. The zero-order chi connectivity index (χ0) is 25.1. The molecule has 1 atom stereocenters. The number of benzene rings is 1. The Morgan fingerprint density at radius 2 is 1.95 bits per heavy atom. The van der Waals surface area contributed by atoms with Gasteiger partial charge in [-0.05, 0) is 44.2 Å². The molecule has 7 rings (SSSR count). The maximum Gasteiger partial charge on any atom is 0.211 e. The van der Waals surface area contributed by atoms with E-state index in [0.29, 0.717) is 0 Å². The van der Waals surface area contributed by atoms with E-state index >= 15 is 0 Å². The molecular weight excluding hydrogens is 504 g/mol. The van der Waals surface area contributed by atoms with Gasteiger partial charge in [-0.2, -0.15) is 0 Å². The van der Waals surface area contributed by atoms with Gasteiger partial charge in [0.2, 0.25) is 5.95 Å². The molecule has 2 N–H and O–H groups in total. The van der Waals surface area contributed by atoms with Crippen molar-refractivity contribution in [3.8, 4) is 5.75 Å². The number of anilines is 1. The Balaban J connectivity index is 1.15. The van der Waals surface area contributed by atoms with Gasteiger partial charge in [0.05, 0.1) is 27.3 Å². The number of nitrogens with two attached hydrogens (primary N) is 1. The first-order valence-corrected chi connectivity index (χ1v) is 14.2. The predicted octanol–water partition coefficient (Wildman–Crippen LogP) is 5.62. The molecule has 1 aromatic carbocycles. The fraction of sp³-hybridized carbons (Fsp3) is 0.393. The number of ether oxygens (including phenoxy) is 1. The number of pyridine rings is 1. The van der Waals surface area contributed by atoms with Crippen LogP contribution in [-0.4, -0.2) is 38.0 Å². The van der Waals surface area contributed by atoms with Gasteiger partial charge in [-0.25, -0.2) is 9.97 Å². The fourth-order valence-electron chi connectivity index (χ4n) is 5.68. The van der Waals surface area contributed by atoms with E-state index in [2.05, 4.69) is 27.3 Å². The van der Waals surface area contributed by atoms with Crippen molar-refractivity contribution >= 4 is 35.0 Å². The van der Waals surface area contributed by atoms with Crippen molar-refractivity contribution in [2.24, 2.45) is 11.7 Å². The van der Waals surface area contributed by atoms with Crippen molar-refractivity contribution < 1.29 is 4.74 Å². The highest BCUT2D eigenvalue weighted by Crippen LogP contribution is 2.47. The Kier molecular flexibility index (Phi) is 5.60. The average Bonchev–Trinajstić information content (AvgIpc) is 3.52. The third kappa shape index (κ3) is 3.97. The SMILES string of the molecule is Cc1nc(N2CCC3(CC2)Oc2ccccc2[C@H]3N)n2ccnc2c1Sc1ccnc(CC2CC2)c1Cl. The van der Waals surface area contributed by atoms with Crippen molar-refractivity contribution in [1.82, 2.24) is 19.4 Å². The minimum absolute atomic E-state index is 0.109. The molecule has 0 bridgehead atoms. The Hall–Kier alpha value is -2.81. The Labute approximate surface area is 225 Å². The minimum Gasteiger partial charge on any atom is -0.485 e. The number of rotatable bonds is 5. The number of nitrogens with zero attached hydrogens (tertiary/aromatic N) is 5. The number of imidazole rings is 1. The molecule has 9 heteroatoms. The third-order valence-corrected chi connectivity index (χ3v) is 9.78. The lowest BCUT2D eigenvalue weighted by atomic mass is 9.83. The van der Waals surface area contributed by atoms with Crippen molar-refractivity contribution in [1.29, 1.82) is 0 Å². The first kappa shape index (κ1) is 23.3. The van der Waals surface area contributed by atoms with Gasteiger partial charge in [-0.1, -0.05) is 41.6 Å². The summed E-state index contributed by atoms with van der Waals surface area (Å²) >= 11 is 8.43. The van der Waals surface area contributed by atoms with Crippen LogP contribution in [0, 0.1) is 12.8 Å². The highest BCUT2D eigenvalue weighted by molar-refractivity contribution is 7.99. The quantitative estimate of drug-likeness (QED) is 0.357. The van der Waals surface area contributed by atoms with Gasteiger partial charge >= 0.3 is 0 Å². The Morgan fingerprint density at radius 1 is 1.14 bits per heavy atom. The van der Waals surface area contributed by atoms with Crippen LogP contribution in [-0.2, 0) is 6.42 Å². The molecule has 2 fully saturated rings. The molecule has 37 heavy (non-hydrogen) atoms. The van der Waals surface area contributed by atoms with Gasteiger partial charge in [0.1, 0.15) is 11.4 Å². The van der Waals surface area contributed by atoms with Crippen LogP contribution in [0.2, 0.25) is 5.02 Å². The molecule has 3 aliphatic rings. The molecule has 4 aromatic rings. The molecule has 1 spiro atoms. The van der Waals surface area contributed by atoms with Crippen LogP contribution in [0.4, 0.5) is 5.95 Å². The highest BCUT2D eigenvalue weighted by atomic mass is 35.5. The number of fused-ring (bicyclic) bond motifs is 2. The number of piperidine rings is 1. The normalized spacial score (nSPS) is 20.4. The van der Waals surface area contributed by atoms with E-state index in [4.69, 9.17) is 32.0 Å². The van der Waals surface area contributed by atoms with E-state index in [1.165, 1.54) is 12.8 Å². The zero-order valence-corrected chi connectivity index (χ0v) is 22.3. The Morgan fingerprint density at radius 3 is 2.73 bits per heavy atom. The second-order valence-corrected chi connectivity index (χ2v) is 11.9. The van der Waals surface area contributed by atoms with E-state index in [0.717, 1.165) is 87.4 Å². The number of aryl methyl sites for hydroxylation is 1. The standard InChI is InChI=1S/C28H29ClN6OS/c1-17-24(37-22-8-11-31-20(23(22)29)16-18-6-7-18)26-32-12-15-35(26)27(33-17)34-13-9-28(10-14-34)25(30)19-4-2-3-5-21(19)36-28/h2-5,8,11-12,15,18,25H,6-7,9-10,13-14,16,30H2,1H3/t25-/m1/s1. The zero-order valence-electron chi connectivity index (χ0n) is 20.7. The number of para-hydroxylation sites is 1. The first-order chi connectivity index (χ1) is 18.0. The highest BCUT2D eigenvalue weighted by Gasteiger charge is 2.48. The average molecular weight is 533 g/mol. The van der Waals surface area contributed by atoms with Crippen molar-refractivity contribution in [2.45, 2.75) is 60.5 Å². The van der Waals surface area contributed by atoms with Gasteiger partial charge in [0.25, 0.3) is 0 Å². The molecule has 0 radical (unpaired) electrons. The van der Waals surface area contributed by atoms with E-state index < -0.39 is 0 Å². The van der Waals surface area contributed by atoms with Crippen LogP contribution in [0.25, 0.3) is 5.65 Å². The van der Waals surface area contributed by atoms with Crippen molar-refractivity contribution in [2.75, 3.05) is 18.0 Å². The molecule has 1 saturated heterocycles. The summed E-state index contributed by atoms with van der Waals surface area (Å²) in [6, 6.07) is 10.0. The second-order valence-electron chi connectivity index (χ2n) is 10.4. The van der Waals surface area contributed by atoms with E-state index in [1.54, 1.807) is 11.8 Å². The van der Waals surface area contributed by atoms with Crippen LogP contribution >= 0.6 is 23.4 Å². The van der Waals surface area contributed by atoms with Crippen LogP contribution in [0.3, 0.4) is 0 Å². The molecule has 7 nitrogen and oxygen atoms in total. The lowest BCUT2D eigenvalue weighted by molar-refractivity contribution is 0.0429. The third-order valence-electron chi connectivity index (χ3n) is 8.00. The lowest BCUT2D eigenvalue weighted by Crippen LogP contribution is -2.52. The molecule has 5 heterocycles. The molecule has 1 aliphatic carbocycles. The van der Waals surface area contributed by atoms with E-state index in [1.807, 2.05) is 42.9 Å². The lowest BCUT2D eigenvalue weighted by Gasteiger charge is -2.41. The largest absolute Gasteiger partial charge is 0.485 e. The van der Waals surface area contributed by atoms with Gasteiger partial charge in [0, 0.05) is 55.0 Å². The second kappa shape index (κ2) is 8.89. The summed E-state index contributed by atoms with van der Waals surface area (Å²) in [7, 11) is 0. The molecule has 2 aliphatic heterocycles. The number of aromatic nitrogens is 4. The van der Waals surface area contributed by atoms with Gasteiger partial charge in [-0.3, -0.25) is 9.38 Å². The van der Waals surface area contributed by atoms with Gasteiger partial charge in [-0.15, -0.1) is 0 Å². The number of hydrogen-bond donors (Lipinski definition) is 1. The summed E-state index contributed by atoms with van der Waals surface area (Å²) in [6.07, 6.45) is 10.9. The maximum absolute atomic E-state index is 6.80. The van der Waals surface area contributed by atoms with Crippen LogP contribution in [0.5, 0.6) is 5.75 Å². The van der Waals surface area contributed by atoms with Crippen molar-refractivity contribution in [3.63, 3.8) is 0 Å².